The zero-order valence-electron chi connectivity index (χ0n) is 9.68. The average Bonchev–Trinajstić information content (AvgIpc) is 2.59. The molecule has 0 radical (unpaired) electrons. The normalized spacial score (nSPS) is 10.9. The summed E-state index contributed by atoms with van der Waals surface area (Å²) in [4.78, 5) is 14.4. The molecular formula is C10H18N4O2. The summed E-state index contributed by atoms with van der Waals surface area (Å²) in [5.41, 5.74) is 0. The number of aliphatic carboxylic acids is 1. The molecule has 0 aliphatic rings. The van der Waals surface area contributed by atoms with Crippen molar-refractivity contribution in [1.82, 2.24) is 20.1 Å². The van der Waals surface area contributed by atoms with Crippen LogP contribution < -0.4 is 5.32 Å². The highest BCUT2D eigenvalue weighted by molar-refractivity contribution is 5.66. The van der Waals surface area contributed by atoms with Gasteiger partial charge in [-0.2, -0.15) is 5.10 Å². The van der Waals surface area contributed by atoms with Crippen LogP contribution in [0, 0.1) is 5.92 Å². The molecule has 0 saturated carbocycles. The molecule has 6 nitrogen and oxygen atoms in total. The van der Waals surface area contributed by atoms with Crippen molar-refractivity contribution in [3.63, 3.8) is 0 Å². The largest absolute Gasteiger partial charge is 0.481 e. The third kappa shape index (κ3) is 4.39. The number of carbonyl (C=O) groups is 1. The molecule has 0 fully saturated rings. The summed E-state index contributed by atoms with van der Waals surface area (Å²) in [5.74, 6) is 0.565. The Morgan fingerprint density at radius 3 is 3.00 bits per heavy atom. The Kier molecular flexibility index (Phi) is 4.91. The number of nitrogens with zero attached hydrogens (tertiary/aromatic N) is 3. The van der Waals surface area contributed by atoms with E-state index < -0.39 is 5.97 Å². The van der Waals surface area contributed by atoms with E-state index in [0.717, 1.165) is 12.4 Å². The molecule has 2 N–H and O–H groups in total. The van der Waals surface area contributed by atoms with E-state index >= 15 is 0 Å². The van der Waals surface area contributed by atoms with Gasteiger partial charge in [0.2, 0.25) is 0 Å². The fourth-order valence-electron chi connectivity index (χ4n) is 1.32. The second-order valence-corrected chi connectivity index (χ2v) is 4.07. The van der Waals surface area contributed by atoms with Gasteiger partial charge in [-0.05, 0) is 5.92 Å². The van der Waals surface area contributed by atoms with Gasteiger partial charge in [0, 0.05) is 13.1 Å². The molecule has 0 aromatic carbocycles. The molecule has 6 heteroatoms. The fraction of sp³-hybridized carbons (Fsp3) is 0.700. The highest BCUT2D eigenvalue weighted by Gasteiger charge is 2.05. The molecule has 16 heavy (non-hydrogen) atoms. The van der Waals surface area contributed by atoms with Gasteiger partial charge >= 0.3 is 5.97 Å². The Bertz CT molecular complexity index is 335. The lowest BCUT2D eigenvalue weighted by Crippen LogP contribution is -2.21. The number of aromatic nitrogens is 3. The first-order chi connectivity index (χ1) is 7.59. The summed E-state index contributed by atoms with van der Waals surface area (Å²) in [7, 11) is 0. The SMILES string of the molecule is CC(C)Cn1ncnc1CNCCC(=O)O. The summed E-state index contributed by atoms with van der Waals surface area (Å²) in [5, 5.41) is 15.6. The highest BCUT2D eigenvalue weighted by atomic mass is 16.4. The van der Waals surface area contributed by atoms with Gasteiger partial charge in [-0.15, -0.1) is 0 Å². The van der Waals surface area contributed by atoms with Crippen molar-refractivity contribution < 1.29 is 9.90 Å². The Morgan fingerprint density at radius 1 is 1.62 bits per heavy atom. The molecule has 1 heterocycles. The van der Waals surface area contributed by atoms with Gasteiger partial charge in [-0.25, -0.2) is 9.67 Å². The molecule has 1 aromatic heterocycles. The zero-order chi connectivity index (χ0) is 12.0. The van der Waals surface area contributed by atoms with E-state index in [0.29, 0.717) is 19.0 Å². The van der Waals surface area contributed by atoms with Crippen LogP contribution in [-0.2, 0) is 17.9 Å². The third-order valence-corrected chi connectivity index (χ3v) is 2.03. The van der Waals surface area contributed by atoms with E-state index in [1.54, 1.807) is 0 Å². The van der Waals surface area contributed by atoms with Crippen LogP contribution in [0.25, 0.3) is 0 Å². The topological polar surface area (TPSA) is 80.0 Å². The summed E-state index contributed by atoms with van der Waals surface area (Å²) >= 11 is 0. The Labute approximate surface area is 94.7 Å². The minimum atomic E-state index is -0.795. The smallest absolute Gasteiger partial charge is 0.304 e. The van der Waals surface area contributed by atoms with Crippen molar-refractivity contribution in [1.29, 1.82) is 0 Å². The molecule has 1 aromatic rings. The summed E-state index contributed by atoms with van der Waals surface area (Å²) in [6.45, 7) is 6.06. The molecule has 90 valence electrons. The van der Waals surface area contributed by atoms with Gasteiger partial charge in [-0.1, -0.05) is 13.8 Å². The maximum absolute atomic E-state index is 10.3. The second-order valence-electron chi connectivity index (χ2n) is 4.07. The number of rotatable bonds is 7. The molecular weight excluding hydrogens is 208 g/mol. The lowest BCUT2D eigenvalue weighted by molar-refractivity contribution is -0.136. The average molecular weight is 226 g/mol. The number of hydrogen-bond acceptors (Lipinski definition) is 4. The Hall–Kier alpha value is -1.43. The van der Waals surface area contributed by atoms with Crippen molar-refractivity contribution in [2.75, 3.05) is 6.54 Å². The van der Waals surface area contributed by atoms with Crippen LogP contribution in [0.2, 0.25) is 0 Å². The van der Waals surface area contributed by atoms with Gasteiger partial charge in [0.25, 0.3) is 0 Å². The predicted octanol–water partition coefficient (Wildman–Crippen LogP) is 0.498. The van der Waals surface area contributed by atoms with Crippen molar-refractivity contribution in [3.8, 4) is 0 Å². The molecule has 0 saturated heterocycles. The Morgan fingerprint density at radius 2 is 2.38 bits per heavy atom. The van der Waals surface area contributed by atoms with Crippen LogP contribution in [0.15, 0.2) is 6.33 Å². The highest BCUT2D eigenvalue weighted by Crippen LogP contribution is 2.00. The second kappa shape index (κ2) is 6.22. The monoisotopic (exact) mass is 226 g/mol. The molecule has 1 rings (SSSR count). The molecule has 0 amide bonds. The molecule has 0 bridgehead atoms. The van der Waals surface area contributed by atoms with Crippen molar-refractivity contribution in [2.45, 2.75) is 33.4 Å². The quantitative estimate of drug-likeness (QED) is 0.662. The zero-order valence-corrected chi connectivity index (χ0v) is 9.68. The first kappa shape index (κ1) is 12.6. The summed E-state index contributed by atoms with van der Waals surface area (Å²) < 4.78 is 1.85. The Balaban J connectivity index is 2.35. The maximum atomic E-state index is 10.3. The minimum Gasteiger partial charge on any atom is -0.481 e. The first-order valence-electron chi connectivity index (χ1n) is 5.38. The van der Waals surface area contributed by atoms with E-state index in [1.165, 1.54) is 6.33 Å². The number of carboxylic acid groups (broad SMARTS) is 1. The molecule has 0 spiro atoms. The van der Waals surface area contributed by atoms with Gasteiger partial charge in [0.15, 0.2) is 0 Å². The van der Waals surface area contributed by atoms with Crippen LogP contribution >= 0.6 is 0 Å². The van der Waals surface area contributed by atoms with Crippen LogP contribution in [0.5, 0.6) is 0 Å². The number of nitrogens with one attached hydrogen (secondary N) is 1. The number of carboxylic acids is 1. The van der Waals surface area contributed by atoms with Gasteiger partial charge in [-0.3, -0.25) is 4.79 Å². The van der Waals surface area contributed by atoms with E-state index in [4.69, 9.17) is 5.11 Å². The van der Waals surface area contributed by atoms with E-state index in [-0.39, 0.29) is 6.42 Å². The van der Waals surface area contributed by atoms with Crippen molar-refractivity contribution in [2.24, 2.45) is 5.92 Å². The van der Waals surface area contributed by atoms with Gasteiger partial charge < -0.3 is 10.4 Å². The molecule has 0 atom stereocenters. The summed E-state index contributed by atoms with van der Waals surface area (Å²) in [6, 6.07) is 0. The maximum Gasteiger partial charge on any atom is 0.304 e. The van der Waals surface area contributed by atoms with Crippen molar-refractivity contribution >= 4 is 5.97 Å². The molecule has 0 unspecified atom stereocenters. The van der Waals surface area contributed by atoms with E-state index in [9.17, 15) is 4.79 Å². The standard InChI is InChI=1S/C10H18N4O2/c1-8(2)6-14-9(12-7-13-14)5-11-4-3-10(15)16/h7-8,11H,3-6H2,1-2H3,(H,15,16). The van der Waals surface area contributed by atoms with Gasteiger partial charge in [0.1, 0.15) is 12.2 Å². The van der Waals surface area contributed by atoms with Gasteiger partial charge in [0.05, 0.1) is 13.0 Å². The lowest BCUT2D eigenvalue weighted by atomic mass is 10.2. The minimum absolute atomic E-state index is 0.123. The van der Waals surface area contributed by atoms with Crippen molar-refractivity contribution in [3.05, 3.63) is 12.2 Å². The predicted molar refractivity (Wildman–Crippen MR) is 58.8 cm³/mol. The molecule has 0 aliphatic heterocycles. The van der Waals surface area contributed by atoms with Crippen LogP contribution in [-0.4, -0.2) is 32.4 Å². The van der Waals surface area contributed by atoms with E-state index in [2.05, 4.69) is 29.2 Å². The lowest BCUT2D eigenvalue weighted by Gasteiger charge is -2.08. The summed E-state index contributed by atoms with van der Waals surface area (Å²) in [6.07, 6.45) is 1.65. The van der Waals surface area contributed by atoms with E-state index in [1.807, 2.05) is 4.68 Å². The van der Waals surface area contributed by atoms with Crippen LogP contribution in [0.4, 0.5) is 0 Å². The van der Waals surface area contributed by atoms with Crippen LogP contribution in [0.3, 0.4) is 0 Å². The fourth-order valence-corrected chi connectivity index (χ4v) is 1.32. The third-order valence-electron chi connectivity index (χ3n) is 2.03. The van der Waals surface area contributed by atoms with Crippen LogP contribution in [0.1, 0.15) is 26.1 Å². The molecule has 0 aliphatic carbocycles. The first-order valence-corrected chi connectivity index (χ1v) is 5.38. The number of hydrogen-bond donors (Lipinski definition) is 2.